The van der Waals surface area contributed by atoms with Crippen molar-refractivity contribution in [3.63, 3.8) is 0 Å². The highest BCUT2D eigenvalue weighted by Crippen LogP contribution is 2.33. The third-order valence-corrected chi connectivity index (χ3v) is 8.36. The van der Waals surface area contributed by atoms with E-state index in [4.69, 9.17) is 29.2 Å². The summed E-state index contributed by atoms with van der Waals surface area (Å²) in [4.78, 5) is 14.2. The number of anilines is 2. The van der Waals surface area contributed by atoms with Crippen LogP contribution >= 0.6 is 0 Å². The molecule has 0 saturated heterocycles. The van der Waals surface area contributed by atoms with Gasteiger partial charge in [-0.2, -0.15) is 9.97 Å². The number of hydrogen-bond acceptors (Lipinski definition) is 8. The lowest BCUT2D eigenvalue weighted by molar-refractivity contribution is 0.232. The van der Waals surface area contributed by atoms with E-state index < -0.39 is 0 Å². The lowest BCUT2D eigenvalue weighted by atomic mass is 10.0. The molecule has 246 valence electrons. The molecule has 0 bridgehead atoms. The van der Waals surface area contributed by atoms with E-state index in [1.807, 2.05) is 54.6 Å². The predicted octanol–water partition coefficient (Wildman–Crippen LogP) is 9.85. The molecule has 0 aliphatic heterocycles. The van der Waals surface area contributed by atoms with E-state index >= 15 is 0 Å². The number of rotatable bonds is 19. The van der Waals surface area contributed by atoms with Gasteiger partial charge in [0.25, 0.3) is 0 Å². The number of phenols is 1. The number of nitrogens with zero attached hydrogens (tertiary/aromatic N) is 3. The van der Waals surface area contributed by atoms with Crippen molar-refractivity contribution in [2.45, 2.75) is 79.1 Å². The van der Waals surface area contributed by atoms with Crippen LogP contribution in [0.4, 0.5) is 11.6 Å². The monoisotopic (exact) mass is 626 g/mol. The van der Waals surface area contributed by atoms with Crippen LogP contribution in [0.2, 0.25) is 0 Å². The van der Waals surface area contributed by atoms with Crippen molar-refractivity contribution in [1.82, 2.24) is 15.0 Å². The highest BCUT2D eigenvalue weighted by atomic mass is 16.5. The van der Waals surface area contributed by atoms with E-state index in [0.717, 1.165) is 48.6 Å². The van der Waals surface area contributed by atoms with E-state index in [2.05, 4.69) is 33.0 Å². The average Bonchev–Trinajstić information content (AvgIpc) is 3.09. The van der Waals surface area contributed by atoms with E-state index in [1.165, 1.54) is 32.1 Å². The molecular formula is C38H50N4O4. The van der Waals surface area contributed by atoms with E-state index in [-0.39, 0.29) is 5.75 Å². The minimum absolute atomic E-state index is 0.0442. The molecule has 4 rings (SSSR count). The number of hydrogen-bond donors (Lipinski definition) is 2. The number of benzene rings is 3. The van der Waals surface area contributed by atoms with Crippen LogP contribution < -0.4 is 19.5 Å². The number of aromatic nitrogens is 3. The SMILES string of the molecule is CCCCC(CC)COc1ccc(Nc2nc(-c3ccc(OC)cc3)nc(-c3ccc(OCC(CC)CCCC)cc3O)n2)cc1. The topological polar surface area (TPSA) is 98.6 Å². The quantitative estimate of drug-likeness (QED) is 0.106. The first-order chi connectivity index (χ1) is 22.5. The summed E-state index contributed by atoms with van der Waals surface area (Å²) in [7, 11) is 1.63. The number of aromatic hydroxyl groups is 1. The summed E-state index contributed by atoms with van der Waals surface area (Å²) in [6, 6.07) is 20.6. The molecule has 46 heavy (non-hydrogen) atoms. The zero-order chi connectivity index (χ0) is 32.7. The van der Waals surface area contributed by atoms with Crippen LogP contribution in [0.5, 0.6) is 23.0 Å². The fourth-order valence-corrected chi connectivity index (χ4v) is 5.20. The molecule has 0 fully saturated rings. The molecule has 2 N–H and O–H groups in total. The molecule has 0 saturated carbocycles. The Hall–Kier alpha value is -4.33. The van der Waals surface area contributed by atoms with Crippen LogP contribution in [0.3, 0.4) is 0 Å². The van der Waals surface area contributed by atoms with Gasteiger partial charge in [-0.3, -0.25) is 0 Å². The molecule has 0 amide bonds. The molecule has 2 unspecified atom stereocenters. The molecule has 0 spiro atoms. The van der Waals surface area contributed by atoms with Gasteiger partial charge in [-0.1, -0.05) is 66.2 Å². The molecular weight excluding hydrogens is 576 g/mol. The zero-order valence-electron chi connectivity index (χ0n) is 28.1. The first kappa shape index (κ1) is 34.5. The van der Waals surface area contributed by atoms with Gasteiger partial charge in [-0.25, -0.2) is 4.98 Å². The van der Waals surface area contributed by atoms with E-state index in [1.54, 1.807) is 19.2 Å². The maximum absolute atomic E-state index is 11.1. The van der Waals surface area contributed by atoms with Crippen LogP contribution in [-0.4, -0.2) is 40.4 Å². The Bertz CT molecular complexity index is 1480. The van der Waals surface area contributed by atoms with Crippen LogP contribution in [0, 0.1) is 11.8 Å². The number of nitrogens with one attached hydrogen (secondary N) is 1. The van der Waals surface area contributed by atoms with Gasteiger partial charge in [0, 0.05) is 17.3 Å². The van der Waals surface area contributed by atoms with Gasteiger partial charge in [0.1, 0.15) is 23.0 Å². The normalized spacial score (nSPS) is 12.4. The van der Waals surface area contributed by atoms with Crippen LogP contribution in [-0.2, 0) is 0 Å². The average molecular weight is 627 g/mol. The highest BCUT2D eigenvalue weighted by molar-refractivity contribution is 5.69. The molecule has 3 aromatic carbocycles. The van der Waals surface area contributed by atoms with Crippen molar-refractivity contribution in [2.24, 2.45) is 11.8 Å². The van der Waals surface area contributed by atoms with Crippen molar-refractivity contribution >= 4 is 11.6 Å². The van der Waals surface area contributed by atoms with Crippen molar-refractivity contribution in [1.29, 1.82) is 0 Å². The highest BCUT2D eigenvalue weighted by Gasteiger charge is 2.16. The Morgan fingerprint density at radius 2 is 1.24 bits per heavy atom. The molecule has 0 aliphatic rings. The fraction of sp³-hybridized carbons (Fsp3) is 0.447. The van der Waals surface area contributed by atoms with Crippen molar-refractivity contribution in [3.8, 4) is 45.8 Å². The third kappa shape index (κ3) is 10.1. The molecule has 8 heteroatoms. The number of ether oxygens (including phenoxy) is 3. The maximum atomic E-state index is 11.1. The van der Waals surface area contributed by atoms with Gasteiger partial charge in [0.2, 0.25) is 5.95 Å². The summed E-state index contributed by atoms with van der Waals surface area (Å²) in [6.07, 6.45) is 9.29. The van der Waals surface area contributed by atoms with Crippen molar-refractivity contribution < 1.29 is 19.3 Å². The second-order valence-electron chi connectivity index (χ2n) is 11.8. The number of methoxy groups -OCH3 is 1. The summed E-state index contributed by atoms with van der Waals surface area (Å²) < 4.78 is 17.5. The first-order valence-corrected chi connectivity index (χ1v) is 16.8. The van der Waals surface area contributed by atoms with Gasteiger partial charge in [0.15, 0.2) is 11.6 Å². The number of unbranched alkanes of at least 4 members (excludes halogenated alkanes) is 2. The van der Waals surface area contributed by atoms with Crippen molar-refractivity contribution in [2.75, 3.05) is 25.6 Å². The Morgan fingerprint density at radius 3 is 1.80 bits per heavy atom. The second-order valence-corrected chi connectivity index (χ2v) is 11.8. The van der Waals surface area contributed by atoms with Crippen LogP contribution in [0.25, 0.3) is 22.8 Å². The van der Waals surface area contributed by atoms with Crippen molar-refractivity contribution in [3.05, 3.63) is 66.7 Å². The standard InChI is InChI=1S/C38H50N4O4/c1-6-10-12-27(8-3)25-45-32-20-16-30(17-21-32)39-38-41-36(29-14-18-31(44-5)19-15-29)40-37(42-38)34-23-22-33(24-35(34)43)46-26-28(9-4)13-11-7-2/h14-24,27-28,43H,6-13,25-26H2,1-5H3,(H,39,40,41,42). The Balaban J connectivity index is 1.56. The Labute approximate surface area is 274 Å². The molecule has 2 atom stereocenters. The van der Waals surface area contributed by atoms with Crippen LogP contribution in [0.1, 0.15) is 79.1 Å². The predicted molar refractivity (Wildman–Crippen MR) is 186 cm³/mol. The summed E-state index contributed by atoms with van der Waals surface area (Å²) in [6.45, 7) is 10.2. The summed E-state index contributed by atoms with van der Waals surface area (Å²) >= 11 is 0. The van der Waals surface area contributed by atoms with E-state index in [9.17, 15) is 5.11 Å². The minimum atomic E-state index is 0.0442. The molecule has 1 heterocycles. The zero-order valence-corrected chi connectivity index (χ0v) is 28.1. The Kier molecular flexibility index (Phi) is 13.5. The Morgan fingerprint density at radius 1 is 0.674 bits per heavy atom. The first-order valence-electron chi connectivity index (χ1n) is 16.8. The third-order valence-electron chi connectivity index (χ3n) is 8.36. The van der Waals surface area contributed by atoms with Gasteiger partial charge in [-0.05, 0) is 85.3 Å². The largest absolute Gasteiger partial charge is 0.507 e. The fourth-order valence-electron chi connectivity index (χ4n) is 5.20. The molecule has 8 nitrogen and oxygen atoms in total. The number of phenolic OH excluding ortho intramolecular Hbond substituents is 1. The smallest absolute Gasteiger partial charge is 0.231 e. The maximum Gasteiger partial charge on any atom is 0.231 e. The lowest BCUT2D eigenvalue weighted by Gasteiger charge is -2.16. The van der Waals surface area contributed by atoms with Gasteiger partial charge < -0.3 is 24.6 Å². The molecule has 1 aromatic heterocycles. The molecule has 0 aliphatic carbocycles. The van der Waals surface area contributed by atoms with Gasteiger partial charge in [0.05, 0.1) is 25.9 Å². The van der Waals surface area contributed by atoms with E-state index in [0.29, 0.717) is 47.4 Å². The summed E-state index contributed by atoms with van der Waals surface area (Å²) in [5.74, 6) is 4.46. The molecule has 4 aromatic rings. The summed E-state index contributed by atoms with van der Waals surface area (Å²) in [5.41, 5.74) is 2.09. The van der Waals surface area contributed by atoms with Gasteiger partial charge >= 0.3 is 0 Å². The lowest BCUT2D eigenvalue weighted by Crippen LogP contribution is -2.11. The minimum Gasteiger partial charge on any atom is -0.507 e. The molecule has 0 radical (unpaired) electrons. The van der Waals surface area contributed by atoms with Crippen LogP contribution in [0.15, 0.2) is 66.7 Å². The van der Waals surface area contributed by atoms with Gasteiger partial charge in [-0.15, -0.1) is 0 Å². The second kappa shape index (κ2) is 18.0. The summed E-state index contributed by atoms with van der Waals surface area (Å²) in [5, 5.41) is 14.4.